The highest BCUT2D eigenvalue weighted by molar-refractivity contribution is 5.91. The van der Waals surface area contributed by atoms with Crippen LogP contribution < -0.4 is 5.32 Å². The van der Waals surface area contributed by atoms with Gasteiger partial charge in [-0.25, -0.2) is 4.79 Å². The van der Waals surface area contributed by atoms with Crippen LogP contribution in [0.3, 0.4) is 0 Å². The monoisotopic (exact) mass is 394 g/mol. The van der Waals surface area contributed by atoms with Crippen LogP contribution >= 0.6 is 0 Å². The Morgan fingerprint density at radius 1 is 0.893 bits per heavy atom. The molecule has 1 aliphatic carbocycles. The van der Waals surface area contributed by atoms with Gasteiger partial charge in [0.2, 0.25) is 5.91 Å². The topological polar surface area (TPSA) is 75.7 Å². The number of carbonyl (C=O) groups is 3. The average molecular weight is 395 g/mol. The van der Waals surface area contributed by atoms with Crippen molar-refractivity contribution in [1.29, 1.82) is 0 Å². The van der Waals surface area contributed by atoms with E-state index in [1.807, 2.05) is 20.8 Å². The van der Waals surface area contributed by atoms with Crippen LogP contribution in [-0.2, 0) is 14.3 Å². The first-order valence-electron chi connectivity index (χ1n) is 11.1. The molecular weight excluding hydrogens is 356 g/mol. The van der Waals surface area contributed by atoms with E-state index < -0.39 is 17.7 Å². The third-order valence-electron chi connectivity index (χ3n) is 5.68. The van der Waals surface area contributed by atoms with Crippen molar-refractivity contribution >= 4 is 17.8 Å². The number of nitrogens with zero attached hydrogens (tertiary/aromatic N) is 1. The van der Waals surface area contributed by atoms with Gasteiger partial charge in [-0.3, -0.25) is 14.5 Å². The molecule has 0 aromatic heterocycles. The molecule has 1 saturated heterocycles. The first-order valence-corrected chi connectivity index (χ1v) is 11.1. The second kappa shape index (κ2) is 10.8. The Balaban J connectivity index is 1.83. The number of hydrogen-bond donors (Lipinski definition) is 1. The fourth-order valence-electron chi connectivity index (χ4n) is 4.15. The van der Waals surface area contributed by atoms with E-state index >= 15 is 0 Å². The van der Waals surface area contributed by atoms with Crippen molar-refractivity contribution in [1.82, 2.24) is 10.2 Å². The van der Waals surface area contributed by atoms with Gasteiger partial charge < -0.3 is 10.1 Å². The predicted molar refractivity (Wildman–Crippen MR) is 109 cm³/mol. The molecule has 6 heteroatoms. The summed E-state index contributed by atoms with van der Waals surface area (Å²) in [5.41, 5.74) is -0.591. The molecular formula is C22H38N2O4. The molecule has 0 bridgehead atoms. The summed E-state index contributed by atoms with van der Waals surface area (Å²) in [5.74, 6) is -0.0451. The van der Waals surface area contributed by atoms with Gasteiger partial charge in [0, 0.05) is 12.5 Å². The predicted octanol–water partition coefficient (Wildman–Crippen LogP) is 4.21. The van der Waals surface area contributed by atoms with Crippen LogP contribution in [0.4, 0.5) is 4.79 Å². The second-order valence-corrected chi connectivity index (χ2v) is 9.27. The van der Waals surface area contributed by atoms with E-state index in [-0.39, 0.29) is 24.2 Å². The highest BCUT2D eigenvalue weighted by atomic mass is 16.6. The highest BCUT2D eigenvalue weighted by Crippen LogP contribution is 2.23. The summed E-state index contributed by atoms with van der Waals surface area (Å²) in [7, 11) is 0. The average Bonchev–Trinajstić information content (AvgIpc) is 3.12. The summed E-state index contributed by atoms with van der Waals surface area (Å²) < 4.78 is 5.41. The molecule has 1 N–H and O–H groups in total. The van der Waals surface area contributed by atoms with Gasteiger partial charge >= 0.3 is 6.09 Å². The van der Waals surface area contributed by atoms with Gasteiger partial charge in [-0.15, -0.1) is 0 Å². The standard InChI is InChI=1S/C22H38N2O4/c1-22(2,3)28-21(27)24-15-11-14-18(24)20(26)23-16-19(25)17-12-9-7-5-4-6-8-10-13-17/h17-18H,4-16H2,1-3H3,(H,23,26)/t18-/m0/s1. The summed E-state index contributed by atoms with van der Waals surface area (Å²) in [5, 5.41) is 2.80. The molecule has 2 fully saturated rings. The van der Waals surface area contributed by atoms with E-state index in [1.165, 1.54) is 37.0 Å². The fraction of sp³-hybridized carbons (Fsp3) is 0.864. The zero-order chi connectivity index (χ0) is 20.6. The minimum atomic E-state index is -0.591. The molecule has 0 aromatic carbocycles. The molecule has 0 radical (unpaired) electrons. The Morgan fingerprint density at radius 3 is 2.04 bits per heavy atom. The van der Waals surface area contributed by atoms with Gasteiger partial charge in [-0.1, -0.05) is 44.9 Å². The number of Topliss-reactive ketones (excluding diaryl/α,β-unsaturated/α-hetero) is 1. The Morgan fingerprint density at radius 2 is 1.46 bits per heavy atom. The smallest absolute Gasteiger partial charge is 0.410 e. The molecule has 1 saturated carbocycles. The lowest BCUT2D eigenvalue weighted by atomic mass is 9.89. The first kappa shape index (κ1) is 22.7. The largest absolute Gasteiger partial charge is 0.444 e. The van der Waals surface area contributed by atoms with Crippen molar-refractivity contribution in [3.8, 4) is 0 Å². The lowest BCUT2D eigenvalue weighted by Crippen LogP contribution is -2.48. The van der Waals surface area contributed by atoms with Crippen molar-refractivity contribution in [2.24, 2.45) is 5.92 Å². The van der Waals surface area contributed by atoms with Gasteiger partial charge in [0.25, 0.3) is 0 Å². The van der Waals surface area contributed by atoms with Crippen LogP contribution in [0.2, 0.25) is 0 Å². The molecule has 160 valence electrons. The molecule has 6 nitrogen and oxygen atoms in total. The lowest BCUT2D eigenvalue weighted by molar-refractivity contribution is -0.129. The van der Waals surface area contributed by atoms with E-state index in [0.29, 0.717) is 13.0 Å². The van der Waals surface area contributed by atoms with Gasteiger partial charge in [0.05, 0.1) is 6.54 Å². The number of nitrogens with one attached hydrogen (secondary N) is 1. The number of likely N-dealkylation sites (tertiary alicyclic amines) is 1. The minimum Gasteiger partial charge on any atom is -0.444 e. The van der Waals surface area contributed by atoms with Gasteiger partial charge in [-0.05, 0) is 46.5 Å². The molecule has 0 unspecified atom stereocenters. The van der Waals surface area contributed by atoms with Crippen molar-refractivity contribution in [2.75, 3.05) is 13.1 Å². The van der Waals surface area contributed by atoms with E-state index in [9.17, 15) is 14.4 Å². The van der Waals surface area contributed by atoms with Crippen LogP contribution in [0, 0.1) is 5.92 Å². The van der Waals surface area contributed by atoms with Crippen LogP contribution in [0.1, 0.15) is 91.4 Å². The molecule has 0 aromatic rings. The third kappa shape index (κ3) is 7.44. The van der Waals surface area contributed by atoms with Gasteiger partial charge in [-0.2, -0.15) is 0 Å². The zero-order valence-electron chi connectivity index (χ0n) is 17.9. The first-order chi connectivity index (χ1) is 13.3. The SMILES string of the molecule is CC(C)(C)OC(=O)N1CCC[C@H]1C(=O)NCC(=O)C1CCCCCCCCC1. The minimum absolute atomic E-state index is 0.0592. The summed E-state index contributed by atoms with van der Waals surface area (Å²) in [6.45, 7) is 6.03. The van der Waals surface area contributed by atoms with Crippen LogP contribution in [0.15, 0.2) is 0 Å². The molecule has 28 heavy (non-hydrogen) atoms. The van der Waals surface area contributed by atoms with E-state index in [2.05, 4.69) is 5.32 Å². The van der Waals surface area contributed by atoms with Crippen molar-refractivity contribution in [2.45, 2.75) is 103 Å². The number of carbonyl (C=O) groups excluding carboxylic acids is 3. The summed E-state index contributed by atoms with van der Waals surface area (Å²) in [4.78, 5) is 39.1. The maximum absolute atomic E-state index is 12.7. The number of rotatable bonds is 4. The fourth-order valence-corrected chi connectivity index (χ4v) is 4.15. The Bertz CT molecular complexity index is 531. The molecule has 1 atom stereocenters. The number of ether oxygens (including phenoxy) is 1. The van der Waals surface area contributed by atoms with Crippen LogP contribution in [0.25, 0.3) is 0 Å². The Hall–Kier alpha value is -1.59. The van der Waals surface area contributed by atoms with E-state index in [1.54, 1.807) is 0 Å². The molecule has 1 aliphatic heterocycles. The number of amides is 2. The maximum Gasteiger partial charge on any atom is 0.410 e. The number of ketones is 1. The number of hydrogen-bond acceptors (Lipinski definition) is 4. The summed E-state index contributed by atoms with van der Waals surface area (Å²) >= 11 is 0. The van der Waals surface area contributed by atoms with E-state index in [0.717, 1.165) is 32.1 Å². The molecule has 2 aliphatic rings. The normalized spacial score (nSPS) is 22.5. The summed E-state index contributed by atoms with van der Waals surface area (Å²) in [6.07, 6.45) is 11.2. The van der Waals surface area contributed by atoms with Gasteiger partial charge in [0.1, 0.15) is 11.6 Å². The van der Waals surface area contributed by atoms with Crippen molar-refractivity contribution < 1.29 is 19.1 Å². The second-order valence-electron chi connectivity index (χ2n) is 9.27. The zero-order valence-corrected chi connectivity index (χ0v) is 17.9. The Kier molecular flexibility index (Phi) is 8.77. The quantitative estimate of drug-likeness (QED) is 0.775. The molecule has 1 heterocycles. The molecule has 2 amide bonds. The van der Waals surface area contributed by atoms with Crippen molar-refractivity contribution in [3.63, 3.8) is 0 Å². The highest BCUT2D eigenvalue weighted by Gasteiger charge is 2.36. The van der Waals surface area contributed by atoms with E-state index in [4.69, 9.17) is 4.74 Å². The summed E-state index contributed by atoms with van der Waals surface area (Å²) in [6, 6.07) is -0.535. The Labute approximate surface area is 169 Å². The van der Waals surface area contributed by atoms with Crippen molar-refractivity contribution in [3.05, 3.63) is 0 Å². The van der Waals surface area contributed by atoms with Crippen LogP contribution in [0.5, 0.6) is 0 Å². The molecule has 2 rings (SSSR count). The van der Waals surface area contributed by atoms with Gasteiger partial charge in [0.15, 0.2) is 5.78 Å². The van der Waals surface area contributed by atoms with Crippen LogP contribution in [-0.4, -0.2) is 47.4 Å². The molecule has 0 spiro atoms. The lowest BCUT2D eigenvalue weighted by Gasteiger charge is -2.28. The maximum atomic E-state index is 12.7. The third-order valence-corrected chi connectivity index (χ3v) is 5.68.